The third kappa shape index (κ3) is 7.48. The molecule has 34 heavy (non-hydrogen) atoms. The van der Waals surface area contributed by atoms with E-state index in [1.165, 1.54) is 0 Å². The fourth-order valence-corrected chi connectivity index (χ4v) is 2.53. The van der Waals surface area contributed by atoms with Gasteiger partial charge in [0.05, 0.1) is 25.4 Å². The zero-order valence-electron chi connectivity index (χ0n) is 17.9. The molecule has 182 valence electrons. The van der Waals surface area contributed by atoms with E-state index < -0.39 is 25.4 Å². The van der Waals surface area contributed by atoms with Crippen LogP contribution in [0.3, 0.4) is 0 Å². The van der Waals surface area contributed by atoms with Crippen molar-refractivity contribution in [2.24, 2.45) is 0 Å². The molecule has 0 aliphatic heterocycles. The van der Waals surface area contributed by atoms with Crippen molar-refractivity contribution in [1.82, 2.24) is 29.9 Å². The molecule has 2 heterocycles. The Kier molecular flexibility index (Phi) is 8.41. The van der Waals surface area contributed by atoms with E-state index >= 15 is 0 Å². The number of aliphatic hydroxyl groups is 4. The minimum absolute atomic E-state index is 0.0314. The Morgan fingerprint density at radius 1 is 0.676 bits per heavy atom. The lowest BCUT2D eigenvalue weighted by Crippen LogP contribution is -2.24. The molecular formula is C18H26N12O4. The highest BCUT2D eigenvalue weighted by atomic mass is 16.3. The third-order valence-electron chi connectivity index (χ3n) is 4.09. The van der Waals surface area contributed by atoms with Gasteiger partial charge in [-0.15, -0.1) is 0 Å². The first-order valence-corrected chi connectivity index (χ1v) is 10.1. The molecule has 16 nitrogen and oxygen atoms in total. The van der Waals surface area contributed by atoms with Crippen LogP contribution in [0, 0.1) is 0 Å². The number of anilines is 8. The Balaban J connectivity index is 1.70. The topological polar surface area (TPSA) is 258 Å². The molecule has 0 saturated carbocycles. The molecule has 3 rings (SSSR count). The van der Waals surface area contributed by atoms with Gasteiger partial charge in [0.15, 0.2) is 0 Å². The number of hydrogen-bond acceptors (Lipinski definition) is 16. The molecular weight excluding hydrogens is 448 g/mol. The van der Waals surface area contributed by atoms with Crippen LogP contribution in [-0.2, 0) is 0 Å². The number of nitrogens with zero attached hydrogens (tertiary/aromatic N) is 6. The number of aliphatic hydroxyl groups excluding tert-OH is 4. The summed E-state index contributed by atoms with van der Waals surface area (Å²) in [5.41, 5.74) is 12.7. The number of benzene rings is 1. The van der Waals surface area contributed by atoms with E-state index in [2.05, 4.69) is 51.2 Å². The summed E-state index contributed by atoms with van der Waals surface area (Å²) in [6, 6.07) is 7.01. The van der Waals surface area contributed by atoms with Crippen LogP contribution in [0.2, 0.25) is 0 Å². The average Bonchev–Trinajstić information content (AvgIpc) is 2.80. The van der Waals surface area contributed by atoms with Gasteiger partial charge in [-0.05, 0) is 18.2 Å². The average molecular weight is 474 g/mol. The van der Waals surface area contributed by atoms with Gasteiger partial charge in [0.25, 0.3) is 0 Å². The Morgan fingerprint density at radius 2 is 1.09 bits per heavy atom. The molecule has 12 N–H and O–H groups in total. The fraction of sp³-hybridized carbons (Fsp3) is 0.333. The molecule has 0 spiro atoms. The largest absolute Gasteiger partial charge is 0.394 e. The predicted octanol–water partition coefficient (Wildman–Crippen LogP) is -1.76. The quantitative estimate of drug-likeness (QED) is 0.139. The van der Waals surface area contributed by atoms with Gasteiger partial charge < -0.3 is 53.2 Å². The lowest BCUT2D eigenvalue weighted by atomic mass is 10.3. The maximum atomic E-state index is 9.46. The SMILES string of the molecule is Nc1nc(NCC(O)CO)nc(Nc2cccc(Nc3nc(N)nc(NCC(O)CO)n3)c2)n1. The van der Waals surface area contributed by atoms with Gasteiger partial charge in [0.2, 0.25) is 35.7 Å². The van der Waals surface area contributed by atoms with E-state index in [0.29, 0.717) is 11.4 Å². The van der Waals surface area contributed by atoms with E-state index in [-0.39, 0.29) is 48.8 Å². The summed E-state index contributed by atoms with van der Waals surface area (Å²) in [6.45, 7) is -0.756. The maximum absolute atomic E-state index is 9.46. The van der Waals surface area contributed by atoms with E-state index in [9.17, 15) is 10.2 Å². The van der Waals surface area contributed by atoms with Crippen molar-refractivity contribution in [1.29, 1.82) is 0 Å². The fourth-order valence-electron chi connectivity index (χ4n) is 2.53. The Morgan fingerprint density at radius 3 is 1.50 bits per heavy atom. The molecule has 0 aliphatic rings. The minimum Gasteiger partial charge on any atom is -0.394 e. The van der Waals surface area contributed by atoms with Gasteiger partial charge in [-0.2, -0.15) is 29.9 Å². The number of aromatic nitrogens is 6. The second-order valence-electron chi connectivity index (χ2n) is 6.95. The first-order chi connectivity index (χ1) is 16.3. The highest BCUT2D eigenvalue weighted by Gasteiger charge is 2.10. The van der Waals surface area contributed by atoms with Crippen LogP contribution in [0.5, 0.6) is 0 Å². The molecule has 0 aliphatic carbocycles. The van der Waals surface area contributed by atoms with Crippen molar-refractivity contribution < 1.29 is 20.4 Å². The third-order valence-corrected chi connectivity index (χ3v) is 4.09. The summed E-state index contributed by atoms with van der Waals surface area (Å²) in [5, 5.41) is 48.3. The molecule has 0 saturated heterocycles. The van der Waals surface area contributed by atoms with Crippen LogP contribution in [0.25, 0.3) is 0 Å². The Labute approximate surface area is 193 Å². The summed E-state index contributed by atoms with van der Waals surface area (Å²) in [6.07, 6.45) is -1.95. The van der Waals surface area contributed by atoms with Crippen LogP contribution in [0.1, 0.15) is 0 Å². The van der Waals surface area contributed by atoms with Gasteiger partial charge in [-0.3, -0.25) is 0 Å². The van der Waals surface area contributed by atoms with E-state index in [0.717, 1.165) is 0 Å². The predicted molar refractivity (Wildman–Crippen MR) is 125 cm³/mol. The number of rotatable bonds is 12. The van der Waals surface area contributed by atoms with Crippen LogP contribution in [0.4, 0.5) is 47.1 Å². The van der Waals surface area contributed by atoms with Crippen molar-refractivity contribution in [3.05, 3.63) is 24.3 Å². The molecule has 2 aromatic heterocycles. The van der Waals surface area contributed by atoms with Crippen molar-refractivity contribution >= 4 is 47.1 Å². The molecule has 0 fully saturated rings. The van der Waals surface area contributed by atoms with Gasteiger partial charge in [-0.25, -0.2) is 0 Å². The maximum Gasteiger partial charge on any atom is 0.233 e. The lowest BCUT2D eigenvalue weighted by molar-refractivity contribution is 0.105. The van der Waals surface area contributed by atoms with Gasteiger partial charge >= 0.3 is 0 Å². The zero-order chi connectivity index (χ0) is 24.5. The van der Waals surface area contributed by atoms with Gasteiger partial charge in [-0.1, -0.05) is 6.07 Å². The van der Waals surface area contributed by atoms with E-state index in [4.69, 9.17) is 21.7 Å². The lowest BCUT2D eigenvalue weighted by Gasteiger charge is -2.12. The number of nitrogen functional groups attached to an aromatic ring is 2. The molecule has 2 unspecified atom stereocenters. The molecule has 2 atom stereocenters. The van der Waals surface area contributed by atoms with Gasteiger partial charge in [0, 0.05) is 24.5 Å². The molecule has 1 aromatic carbocycles. The standard InChI is InChI=1S/C18H26N12O4/c19-13-25-15(21-5-11(33)7-31)29-17(27-13)23-9-2-1-3-10(4-9)24-18-28-14(20)26-16(30-18)22-6-12(34)8-32/h1-4,11-12,31-34H,5-8H2,(H4,19,21,23,25,27,29)(H4,20,22,24,26,28,30). The van der Waals surface area contributed by atoms with E-state index in [1.807, 2.05) is 0 Å². The summed E-state index contributed by atoms with van der Waals surface area (Å²) < 4.78 is 0. The van der Waals surface area contributed by atoms with E-state index in [1.54, 1.807) is 24.3 Å². The number of nitrogens with two attached hydrogens (primary N) is 2. The zero-order valence-corrected chi connectivity index (χ0v) is 17.9. The summed E-state index contributed by atoms with van der Waals surface area (Å²) in [7, 11) is 0. The molecule has 3 aromatic rings. The van der Waals surface area contributed by atoms with Crippen molar-refractivity contribution in [3.8, 4) is 0 Å². The van der Waals surface area contributed by atoms with Crippen LogP contribution in [-0.4, -0.2) is 88.8 Å². The second-order valence-corrected chi connectivity index (χ2v) is 6.95. The number of hydrogen-bond donors (Lipinski definition) is 10. The smallest absolute Gasteiger partial charge is 0.233 e. The van der Waals surface area contributed by atoms with Crippen LogP contribution in [0.15, 0.2) is 24.3 Å². The van der Waals surface area contributed by atoms with Gasteiger partial charge in [0.1, 0.15) is 0 Å². The number of nitrogens with one attached hydrogen (secondary N) is 4. The van der Waals surface area contributed by atoms with Crippen LogP contribution < -0.4 is 32.7 Å². The van der Waals surface area contributed by atoms with Crippen molar-refractivity contribution in [2.45, 2.75) is 12.2 Å². The molecule has 0 amide bonds. The van der Waals surface area contributed by atoms with Crippen molar-refractivity contribution in [2.75, 3.05) is 59.0 Å². The summed E-state index contributed by atoms with van der Waals surface area (Å²) in [4.78, 5) is 24.3. The summed E-state index contributed by atoms with van der Waals surface area (Å²) in [5.74, 6) is 0.486. The normalized spacial score (nSPS) is 12.6. The first kappa shape index (κ1) is 24.5. The van der Waals surface area contributed by atoms with Crippen molar-refractivity contribution in [3.63, 3.8) is 0 Å². The Hall–Kier alpha value is -4.12. The second kappa shape index (κ2) is 11.7. The van der Waals surface area contributed by atoms with Crippen LogP contribution >= 0.6 is 0 Å². The highest BCUT2D eigenvalue weighted by molar-refractivity contribution is 5.65. The molecule has 16 heteroatoms. The highest BCUT2D eigenvalue weighted by Crippen LogP contribution is 2.21. The molecule has 0 bridgehead atoms. The first-order valence-electron chi connectivity index (χ1n) is 10.1. The molecule has 0 radical (unpaired) electrons. The Bertz CT molecular complexity index is 1010. The monoisotopic (exact) mass is 474 g/mol. The minimum atomic E-state index is -0.975. The summed E-state index contributed by atoms with van der Waals surface area (Å²) >= 11 is 0.